The topological polar surface area (TPSA) is 35.5 Å². The van der Waals surface area contributed by atoms with Crippen LogP contribution < -0.4 is 5.32 Å². The smallest absolute Gasteiger partial charge is 0.0831 e. The van der Waals surface area contributed by atoms with Gasteiger partial charge in [0.2, 0.25) is 0 Å². The number of nitrogens with zero attached hydrogens (tertiary/aromatic N) is 1. The standard InChI is InChI=1S/C11H22N2O/c1-8-3-9(2)7-13(6-8)10-4-12-5-11(10)14/h8-12,14H,3-7H2,1-2H3/t8?,9?,10-,11-/m1/s1. The Hall–Kier alpha value is -0.120. The van der Waals surface area contributed by atoms with Gasteiger partial charge in [-0.3, -0.25) is 4.90 Å². The molecule has 0 bridgehead atoms. The van der Waals surface area contributed by atoms with E-state index < -0.39 is 0 Å². The maximum atomic E-state index is 9.81. The van der Waals surface area contributed by atoms with Crippen LogP contribution in [0.3, 0.4) is 0 Å². The third kappa shape index (κ3) is 2.10. The second-order valence-electron chi connectivity index (χ2n) is 5.19. The molecular formula is C11H22N2O. The van der Waals surface area contributed by atoms with Crippen molar-refractivity contribution in [1.29, 1.82) is 0 Å². The number of aliphatic hydroxyl groups is 1. The van der Waals surface area contributed by atoms with Gasteiger partial charge in [-0.2, -0.15) is 0 Å². The van der Waals surface area contributed by atoms with E-state index in [1.54, 1.807) is 0 Å². The maximum Gasteiger partial charge on any atom is 0.0831 e. The van der Waals surface area contributed by atoms with Crippen molar-refractivity contribution in [2.24, 2.45) is 11.8 Å². The van der Waals surface area contributed by atoms with E-state index in [0.717, 1.165) is 38.0 Å². The van der Waals surface area contributed by atoms with Crippen molar-refractivity contribution in [3.8, 4) is 0 Å². The number of β-amino-alcohol motifs (C(OH)–C–C–N with tert-alkyl or cyclic N) is 1. The summed E-state index contributed by atoms with van der Waals surface area (Å²) in [4.78, 5) is 2.48. The van der Waals surface area contributed by atoms with Crippen molar-refractivity contribution in [1.82, 2.24) is 10.2 Å². The first-order valence-electron chi connectivity index (χ1n) is 5.79. The van der Waals surface area contributed by atoms with Crippen molar-refractivity contribution >= 4 is 0 Å². The summed E-state index contributed by atoms with van der Waals surface area (Å²) in [6.07, 6.45) is 1.18. The molecule has 0 aromatic heterocycles. The summed E-state index contributed by atoms with van der Waals surface area (Å²) in [5.41, 5.74) is 0. The highest BCUT2D eigenvalue weighted by molar-refractivity contribution is 4.91. The highest BCUT2D eigenvalue weighted by Crippen LogP contribution is 2.24. The molecule has 82 valence electrons. The number of rotatable bonds is 1. The molecule has 4 atom stereocenters. The minimum absolute atomic E-state index is 0.160. The summed E-state index contributed by atoms with van der Waals surface area (Å²) in [7, 11) is 0. The molecule has 2 unspecified atom stereocenters. The van der Waals surface area contributed by atoms with Crippen molar-refractivity contribution < 1.29 is 5.11 Å². The number of aliphatic hydroxyl groups excluding tert-OH is 1. The lowest BCUT2D eigenvalue weighted by atomic mass is 9.90. The predicted octanol–water partition coefficient (Wildman–Crippen LogP) is 0.297. The van der Waals surface area contributed by atoms with Gasteiger partial charge < -0.3 is 10.4 Å². The molecule has 0 saturated carbocycles. The van der Waals surface area contributed by atoms with Gasteiger partial charge in [-0.1, -0.05) is 13.8 Å². The summed E-state index contributed by atoms with van der Waals surface area (Å²) < 4.78 is 0. The van der Waals surface area contributed by atoms with E-state index in [1.165, 1.54) is 6.42 Å². The van der Waals surface area contributed by atoms with Crippen LogP contribution in [-0.2, 0) is 0 Å². The lowest BCUT2D eigenvalue weighted by Gasteiger charge is -2.39. The van der Waals surface area contributed by atoms with Gasteiger partial charge in [0.15, 0.2) is 0 Å². The molecule has 2 aliphatic rings. The number of hydrogen-bond acceptors (Lipinski definition) is 3. The zero-order valence-electron chi connectivity index (χ0n) is 9.24. The molecule has 0 aromatic rings. The van der Waals surface area contributed by atoms with E-state index in [-0.39, 0.29) is 6.10 Å². The van der Waals surface area contributed by atoms with Gasteiger partial charge in [0.05, 0.1) is 6.10 Å². The third-order valence-electron chi connectivity index (χ3n) is 3.52. The van der Waals surface area contributed by atoms with E-state index in [4.69, 9.17) is 0 Å². The first-order valence-corrected chi connectivity index (χ1v) is 5.79. The van der Waals surface area contributed by atoms with Crippen molar-refractivity contribution in [2.45, 2.75) is 32.4 Å². The molecule has 0 spiro atoms. The molecule has 2 aliphatic heterocycles. The maximum absolute atomic E-state index is 9.81. The van der Waals surface area contributed by atoms with E-state index in [2.05, 4.69) is 24.1 Å². The second kappa shape index (κ2) is 4.17. The highest BCUT2D eigenvalue weighted by atomic mass is 16.3. The number of hydrogen-bond donors (Lipinski definition) is 2. The Morgan fingerprint density at radius 1 is 1.14 bits per heavy atom. The molecule has 0 amide bonds. The van der Waals surface area contributed by atoms with Crippen molar-refractivity contribution in [3.05, 3.63) is 0 Å². The summed E-state index contributed by atoms with van der Waals surface area (Å²) in [6, 6.07) is 0.361. The zero-order valence-corrected chi connectivity index (χ0v) is 9.24. The summed E-state index contributed by atoms with van der Waals surface area (Å²) in [5.74, 6) is 1.57. The Morgan fingerprint density at radius 2 is 1.79 bits per heavy atom. The van der Waals surface area contributed by atoms with Crippen LogP contribution in [-0.4, -0.2) is 48.3 Å². The molecule has 2 rings (SSSR count). The molecular weight excluding hydrogens is 176 g/mol. The van der Waals surface area contributed by atoms with Gasteiger partial charge in [-0.25, -0.2) is 0 Å². The SMILES string of the molecule is CC1CC(C)CN([C@@H]2CNC[C@H]2O)C1. The fraction of sp³-hybridized carbons (Fsp3) is 1.00. The van der Waals surface area contributed by atoms with Crippen LogP contribution >= 0.6 is 0 Å². The number of nitrogens with one attached hydrogen (secondary N) is 1. The number of piperidine rings is 1. The second-order valence-corrected chi connectivity index (χ2v) is 5.19. The monoisotopic (exact) mass is 198 g/mol. The van der Waals surface area contributed by atoms with Gasteiger partial charge >= 0.3 is 0 Å². The fourth-order valence-electron chi connectivity index (χ4n) is 3.01. The van der Waals surface area contributed by atoms with Crippen LogP contribution in [0.5, 0.6) is 0 Å². The summed E-state index contributed by atoms with van der Waals surface area (Å²) >= 11 is 0. The normalized spacial score (nSPS) is 45.6. The van der Waals surface area contributed by atoms with Crippen molar-refractivity contribution in [2.75, 3.05) is 26.2 Å². The van der Waals surface area contributed by atoms with Gasteiger partial charge in [0.25, 0.3) is 0 Å². The molecule has 2 N–H and O–H groups in total. The molecule has 0 radical (unpaired) electrons. The molecule has 2 saturated heterocycles. The first-order chi connectivity index (χ1) is 6.66. The zero-order chi connectivity index (χ0) is 10.1. The Bertz CT molecular complexity index is 188. The van der Waals surface area contributed by atoms with Gasteiger partial charge in [-0.15, -0.1) is 0 Å². The fourth-order valence-corrected chi connectivity index (χ4v) is 3.01. The average Bonchev–Trinajstić information content (AvgIpc) is 2.49. The predicted molar refractivity (Wildman–Crippen MR) is 57.2 cm³/mol. The van der Waals surface area contributed by atoms with Crippen LogP contribution in [0.25, 0.3) is 0 Å². The van der Waals surface area contributed by atoms with Crippen LogP contribution in [0.2, 0.25) is 0 Å². The lowest BCUT2D eigenvalue weighted by molar-refractivity contribution is 0.0396. The number of likely N-dealkylation sites (tertiary alicyclic amines) is 1. The van der Waals surface area contributed by atoms with Crippen LogP contribution in [0.15, 0.2) is 0 Å². The van der Waals surface area contributed by atoms with E-state index in [1.807, 2.05) is 0 Å². The lowest BCUT2D eigenvalue weighted by Crippen LogP contribution is -2.49. The minimum Gasteiger partial charge on any atom is -0.390 e. The molecule has 0 aromatic carbocycles. The molecule has 0 aliphatic carbocycles. The summed E-state index contributed by atoms with van der Waals surface area (Å²) in [5, 5.41) is 13.1. The Labute approximate surface area is 86.5 Å². The van der Waals surface area contributed by atoms with Crippen LogP contribution in [0.1, 0.15) is 20.3 Å². The molecule has 2 fully saturated rings. The van der Waals surface area contributed by atoms with Crippen molar-refractivity contribution in [3.63, 3.8) is 0 Å². The molecule has 14 heavy (non-hydrogen) atoms. The third-order valence-corrected chi connectivity index (χ3v) is 3.52. The molecule has 3 nitrogen and oxygen atoms in total. The first kappa shape index (κ1) is 10.4. The van der Waals surface area contributed by atoms with E-state index >= 15 is 0 Å². The van der Waals surface area contributed by atoms with Crippen LogP contribution in [0, 0.1) is 11.8 Å². The Kier molecular flexibility index (Phi) is 3.10. The molecule has 3 heteroatoms. The minimum atomic E-state index is -0.160. The van der Waals surface area contributed by atoms with E-state index in [9.17, 15) is 5.11 Å². The Morgan fingerprint density at radius 3 is 2.29 bits per heavy atom. The highest BCUT2D eigenvalue weighted by Gasteiger charge is 2.34. The van der Waals surface area contributed by atoms with Crippen LogP contribution in [0.4, 0.5) is 0 Å². The molecule has 2 heterocycles. The summed E-state index contributed by atoms with van der Waals surface area (Å²) in [6.45, 7) is 8.68. The van der Waals surface area contributed by atoms with Gasteiger partial charge in [-0.05, 0) is 18.3 Å². The van der Waals surface area contributed by atoms with Gasteiger partial charge in [0.1, 0.15) is 0 Å². The largest absolute Gasteiger partial charge is 0.390 e. The van der Waals surface area contributed by atoms with Gasteiger partial charge in [0, 0.05) is 32.2 Å². The quantitative estimate of drug-likeness (QED) is 0.636. The average molecular weight is 198 g/mol. The van der Waals surface area contributed by atoms with E-state index in [0.29, 0.717) is 6.04 Å². The Balaban J connectivity index is 1.95.